The first-order valence-corrected chi connectivity index (χ1v) is 7.60. The number of aromatic nitrogens is 2. The van der Waals surface area contributed by atoms with Crippen molar-refractivity contribution in [3.63, 3.8) is 0 Å². The number of nitrogen functional groups attached to an aromatic ring is 1. The van der Waals surface area contributed by atoms with Gasteiger partial charge >= 0.3 is 0 Å². The summed E-state index contributed by atoms with van der Waals surface area (Å²) in [4.78, 5) is 8.63. The van der Waals surface area contributed by atoms with Gasteiger partial charge in [0.2, 0.25) is 0 Å². The molecule has 0 radical (unpaired) electrons. The second-order valence-corrected chi connectivity index (χ2v) is 5.90. The van der Waals surface area contributed by atoms with Crippen molar-refractivity contribution in [1.29, 1.82) is 5.26 Å². The molecule has 0 atom stereocenters. The average Bonchev–Trinajstić information content (AvgIpc) is 3.29. The molecule has 1 aromatic carbocycles. The van der Waals surface area contributed by atoms with Crippen molar-refractivity contribution in [2.45, 2.75) is 29.7 Å². The molecule has 0 spiro atoms. The molecule has 1 aliphatic carbocycles. The lowest BCUT2D eigenvalue weighted by Crippen LogP contribution is -2.04. The highest BCUT2D eigenvalue weighted by Gasteiger charge is 2.29. The van der Waals surface area contributed by atoms with Crippen LogP contribution in [0.1, 0.15) is 35.6 Å². The molecule has 4 nitrogen and oxygen atoms in total. The maximum absolute atomic E-state index is 13.1. The molecule has 0 unspecified atom stereocenters. The molecule has 6 heteroatoms. The fourth-order valence-corrected chi connectivity index (χ4v) is 2.88. The van der Waals surface area contributed by atoms with Gasteiger partial charge in [-0.2, -0.15) is 5.26 Å². The van der Waals surface area contributed by atoms with E-state index in [2.05, 4.69) is 16.0 Å². The largest absolute Gasteiger partial charge is 0.382 e. The number of nitrogens with zero attached hydrogens (tertiary/aromatic N) is 3. The van der Waals surface area contributed by atoms with Gasteiger partial charge in [-0.15, -0.1) is 0 Å². The highest BCUT2D eigenvalue weighted by Crippen LogP contribution is 2.42. The van der Waals surface area contributed by atoms with Crippen molar-refractivity contribution >= 4 is 17.6 Å². The van der Waals surface area contributed by atoms with Crippen molar-refractivity contribution in [1.82, 2.24) is 9.97 Å². The Labute approximate surface area is 126 Å². The summed E-state index contributed by atoms with van der Waals surface area (Å²) in [5.41, 5.74) is 7.86. The van der Waals surface area contributed by atoms with Crippen LogP contribution in [0.5, 0.6) is 0 Å². The number of rotatable bonds is 4. The number of nitriles is 1. The predicted molar refractivity (Wildman–Crippen MR) is 79.1 cm³/mol. The smallest absolute Gasteiger partial charge is 0.190 e. The number of thioether (sulfide) groups is 1. The fraction of sp³-hybridized carbons (Fsp3) is 0.267. The first-order valence-electron chi connectivity index (χ1n) is 6.62. The molecule has 21 heavy (non-hydrogen) atoms. The summed E-state index contributed by atoms with van der Waals surface area (Å²) in [5.74, 6) is 0.870. The van der Waals surface area contributed by atoms with Crippen molar-refractivity contribution in [3.05, 3.63) is 46.9 Å². The van der Waals surface area contributed by atoms with Crippen molar-refractivity contribution in [3.8, 4) is 6.07 Å². The van der Waals surface area contributed by atoms with E-state index in [9.17, 15) is 4.39 Å². The molecule has 3 rings (SSSR count). The molecule has 1 heterocycles. The van der Waals surface area contributed by atoms with Gasteiger partial charge in [-0.1, -0.05) is 23.9 Å². The zero-order chi connectivity index (χ0) is 14.8. The maximum atomic E-state index is 13.1. The van der Waals surface area contributed by atoms with Crippen LogP contribution >= 0.6 is 11.8 Å². The van der Waals surface area contributed by atoms with E-state index in [1.54, 1.807) is 6.07 Å². The Bertz CT molecular complexity index is 722. The van der Waals surface area contributed by atoms with Crippen LogP contribution in [-0.2, 0) is 5.75 Å². The first-order chi connectivity index (χ1) is 10.2. The molecule has 1 fully saturated rings. The Kier molecular flexibility index (Phi) is 3.76. The molecule has 2 N–H and O–H groups in total. The minimum atomic E-state index is -0.257. The normalized spacial score (nSPS) is 13.9. The summed E-state index contributed by atoms with van der Waals surface area (Å²) in [7, 11) is 0. The lowest BCUT2D eigenvalue weighted by atomic mass is 10.1. The first kappa shape index (κ1) is 13.8. The van der Waals surface area contributed by atoms with Crippen molar-refractivity contribution in [2.75, 3.05) is 5.73 Å². The van der Waals surface area contributed by atoms with Gasteiger partial charge < -0.3 is 5.73 Å². The SMILES string of the molecule is N#Cc1c(N)nc(SCc2cccc(F)c2)nc1C1CC1. The van der Waals surface area contributed by atoms with Crippen molar-refractivity contribution < 1.29 is 4.39 Å². The minimum absolute atomic E-state index is 0.233. The maximum Gasteiger partial charge on any atom is 0.190 e. The highest BCUT2D eigenvalue weighted by molar-refractivity contribution is 7.98. The van der Waals surface area contributed by atoms with Crippen LogP contribution in [0.4, 0.5) is 10.2 Å². The second kappa shape index (κ2) is 5.70. The van der Waals surface area contributed by atoms with Gasteiger partial charge in [-0.3, -0.25) is 0 Å². The molecular formula is C15H13FN4S. The predicted octanol–water partition coefficient (Wildman–Crippen LogP) is 3.24. The van der Waals surface area contributed by atoms with Crippen LogP contribution in [0, 0.1) is 17.1 Å². The number of anilines is 1. The summed E-state index contributed by atoms with van der Waals surface area (Å²) in [5, 5.41) is 9.69. The Morgan fingerprint density at radius 3 is 2.86 bits per heavy atom. The van der Waals surface area contributed by atoms with Crippen LogP contribution in [0.2, 0.25) is 0 Å². The zero-order valence-electron chi connectivity index (χ0n) is 11.2. The van der Waals surface area contributed by atoms with E-state index in [0.717, 1.165) is 24.1 Å². The third kappa shape index (κ3) is 3.14. The third-order valence-corrected chi connectivity index (χ3v) is 4.20. The van der Waals surface area contributed by atoms with E-state index in [0.29, 0.717) is 22.4 Å². The topological polar surface area (TPSA) is 75.6 Å². The summed E-state index contributed by atoms with van der Waals surface area (Å²) in [6.45, 7) is 0. The van der Waals surface area contributed by atoms with Gasteiger partial charge in [0.25, 0.3) is 0 Å². The fourth-order valence-electron chi connectivity index (χ4n) is 2.08. The summed E-state index contributed by atoms with van der Waals surface area (Å²) in [6.07, 6.45) is 2.08. The lowest BCUT2D eigenvalue weighted by molar-refractivity contribution is 0.626. The molecule has 1 aliphatic rings. The van der Waals surface area contributed by atoms with Gasteiger partial charge in [0.1, 0.15) is 23.3 Å². The van der Waals surface area contributed by atoms with E-state index < -0.39 is 0 Å². The van der Waals surface area contributed by atoms with Gasteiger partial charge in [-0.25, -0.2) is 14.4 Å². The number of nitrogens with two attached hydrogens (primary N) is 1. The summed E-state index contributed by atoms with van der Waals surface area (Å²) < 4.78 is 13.1. The zero-order valence-corrected chi connectivity index (χ0v) is 12.0. The lowest BCUT2D eigenvalue weighted by Gasteiger charge is -2.07. The van der Waals surface area contributed by atoms with Crippen LogP contribution in [-0.4, -0.2) is 9.97 Å². The molecule has 106 valence electrons. The highest BCUT2D eigenvalue weighted by atomic mass is 32.2. The van der Waals surface area contributed by atoms with E-state index >= 15 is 0 Å². The third-order valence-electron chi connectivity index (χ3n) is 3.28. The quantitative estimate of drug-likeness (QED) is 0.693. The standard InChI is InChI=1S/C15H13FN4S/c16-11-3-1-2-9(6-11)8-21-15-19-13(10-4-5-10)12(7-17)14(18)20-15/h1-3,6,10H,4-5,8H2,(H2,18,19,20). The molecule has 1 saturated carbocycles. The molecular weight excluding hydrogens is 287 g/mol. The molecule has 1 aromatic heterocycles. The van der Waals surface area contributed by atoms with Crippen LogP contribution < -0.4 is 5.73 Å². The number of hydrogen-bond acceptors (Lipinski definition) is 5. The summed E-state index contributed by atoms with van der Waals surface area (Å²) >= 11 is 1.40. The van der Waals surface area contributed by atoms with Gasteiger partial charge in [0.05, 0.1) is 5.69 Å². The number of halogens is 1. The molecule has 0 amide bonds. The van der Waals surface area contributed by atoms with Crippen molar-refractivity contribution in [2.24, 2.45) is 0 Å². The van der Waals surface area contributed by atoms with Gasteiger partial charge in [-0.05, 0) is 30.5 Å². The van der Waals surface area contributed by atoms with E-state index in [1.165, 1.54) is 23.9 Å². The molecule has 2 aromatic rings. The summed E-state index contributed by atoms with van der Waals surface area (Å²) in [6, 6.07) is 8.51. The van der Waals surface area contributed by atoms with E-state index in [1.807, 2.05) is 6.07 Å². The van der Waals surface area contributed by atoms with E-state index in [-0.39, 0.29) is 11.6 Å². The Morgan fingerprint density at radius 1 is 1.38 bits per heavy atom. The monoisotopic (exact) mass is 300 g/mol. The Balaban J connectivity index is 1.81. The van der Waals surface area contributed by atoms with Gasteiger partial charge in [0.15, 0.2) is 5.16 Å². The average molecular weight is 300 g/mol. The number of benzene rings is 1. The van der Waals surface area contributed by atoms with E-state index in [4.69, 9.17) is 11.0 Å². The molecule has 0 aliphatic heterocycles. The van der Waals surface area contributed by atoms with Gasteiger partial charge in [0, 0.05) is 11.7 Å². The van der Waals surface area contributed by atoms with Crippen LogP contribution in [0.25, 0.3) is 0 Å². The van der Waals surface area contributed by atoms with Crippen LogP contribution in [0.15, 0.2) is 29.4 Å². The minimum Gasteiger partial charge on any atom is -0.382 e. The number of hydrogen-bond donors (Lipinski definition) is 1. The molecule has 0 saturated heterocycles. The second-order valence-electron chi connectivity index (χ2n) is 4.96. The van der Waals surface area contributed by atoms with Crippen LogP contribution in [0.3, 0.4) is 0 Å². The Morgan fingerprint density at radius 2 is 2.19 bits per heavy atom. The molecule has 0 bridgehead atoms. The Hall–Kier alpha value is -2.13.